The standard InChI is InChI=1S/C5H8N2O/c1-5(8)7-4-2-3-6/h3-4H,6H2,1H3,(H,7,8). The number of carbonyl (C=O) groups is 1. The lowest BCUT2D eigenvalue weighted by Gasteiger charge is -1.83. The lowest BCUT2D eigenvalue weighted by Crippen LogP contribution is -2.10. The number of amides is 1. The summed E-state index contributed by atoms with van der Waals surface area (Å²) in [7, 11) is 0. The molecule has 0 atom stereocenters. The molecule has 3 heteroatoms. The van der Waals surface area contributed by atoms with Gasteiger partial charge < -0.3 is 11.1 Å². The second kappa shape index (κ2) is 3.96. The van der Waals surface area contributed by atoms with Crippen molar-refractivity contribution in [2.45, 2.75) is 6.92 Å². The molecule has 0 saturated heterocycles. The molecule has 44 valence electrons. The van der Waals surface area contributed by atoms with Gasteiger partial charge in [-0.3, -0.25) is 4.79 Å². The van der Waals surface area contributed by atoms with E-state index in [9.17, 15) is 4.79 Å². The van der Waals surface area contributed by atoms with Crippen molar-refractivity contribution in [3.05, 3.63) is 18.1 Å². The van der Waals surface area contributed by atoms with E-state index in [1.807, 2.05) is 0 Å². The summed E-state index contributed by atoms with van der Waals surface area (Å²) >= 11 is 0. The molecule has 0 aromatic heterocycles. The second-order valence-corrected chi connectivity index (χ2v) is 1.18. The fourth-order valence-electron chi connectivity index (χ4n) is 0.191. The highest BCUT2D eigenvalue weighted by molar-refractivity contribution is 5.73. The number of nitrogens with one attached hydrogen (secondary N) is 1. The summed E-state index contributed by atoms with van der Waals surface area (Å²) in [5.41, 5.74) is 7.37. The Balaban J connectivity index is 3.45. The molecule has 0 rings (SSSR count). The first kappa shape index (κ1) is 6.79. The Hall–Kier alpha value is -1.21. The zero-order chi connectivity index (χ0) is 6.41. The molecule has 3 nitrogen and oxygen atoms in total. The molecule has 0 bridgehead atoms. The molecule has 0 aliphatic rings. The van der Waals surface area contributed by atoms with Gasteiger partial charge in [0.2, 0.25) is 5.91 Å². The summed E-state index contributed by atoms with van der Waals surface area (Å²) in [6.45, 7) is 1.41. The highest BCUT2D eigenvalue weighted by Gasteiger charge is 1.77. The molecule has 3 N–H and O–H groups in total. The first-order chi connectivity index (χ1) is 3.77. The van der Waals surface area contributed by atoms with E-state index in [2.05, 4.69) is 11.0 Å². The first-order valence-corrected chi connectivity index (χ1v) is 2.15. The third-order valence-corrected chi connectivity index (χ3v) is 0.455. The smallest absolute Gasteiger partial charge is 0.221 e. The number of rotatable bonds is 1. The van der Waals surface area contributed by atoms with Crippen LogP contribution in [-0.2, 0) is 4.79 Å². The van der Waals surface area contributed by atoms with Crippen molar-refractivity contribution in [3.8, 4) is 0 Å². The topological polar surface area (TPSA) is 55.1 Å². The third-order valence-electron chi connectivity index (χ3n) is 0.455. The van der Waals surface area contributed by atoms with Crippen molar-refractivity contribution < 1.29 is 4.79 Å². The van der Waals surface area contributed by atoms with Crippen molar-refractivity contribution >= 4 is 5.91 Å². The van der Waals surface area contributed by atoms with E-state index < -0.39 is 0 Å². The molecule has 0 saturated carbocycles. The predicted molar refractivity (Wildman–Crippen MR) is 30.7 cm³/mol. The molecule has 0 aromatic carbocycles. The fraction of sp³-hybridized carbons (Fsp3) is 0.200. The third kappa shape index (κ3) is 4.79. The van der Waals surface area contributed by atoms with Gasteiger partial charge in [-0.05, 0) is 0 Å². The molecule has 0 fully saturated rings. The summed E-state index contributed by atoms with van der Waals surface area (Å²) in [4.78, 5) is 10.1. The zero-order valence-electron chi connectivity index (χ0n) is 4.64. The molecular formula is C5H8N2O. The normalized spacial score (nSPS) is 6.62. The van der Waals surface area contributed by atoms with Crippen LogP contribution < -0.4 is 11.1 Å². The Kier molecular flexibility index (Phi) is 3.36. The van der Waals surface area contributed by atoms with Gasteiger partial charge in [-0.2, -0.15) is 0 Å². The molecule has 1 amide bonds. The van der Waals surface area contributed by atoms with Crippen molar-refractivity contribution in [1.82, 2.24) is 5.32 Å². The van der Waals surface area contributed by atoms with Crippen LogP contribution in [-0.4, -0.2) is 5.91 Å². The van der Waals surface area contributed by atoms with Crippen molar-refractivity contribution in [2.75, 3.05) is 0 Å². The molecule has 0 aliphatic heterocycles. The minimum atomic E-state index is -0.126. The molecule has 0 spiro atoms. The molecular weight excluding hydrogens is 104 g/mol. The van der Waals surface area contributed by atoms with Crippen LogP contribution in [0.2, 0.25) is 0 Å². The van der Waals surface area contributed by atoms with Gasteiger partial charge in [0, 0.05) is 19.3 Å². The van der Waals surface area contributed by atoms with E-state index in [0.29, 0.717) is 0 Å². The van der Waals surface area contributed by atoms with E-state index in [1.54, 1.807) is 0 Å². The van der Waals surface area contributed by atoms with E-state index in [4.69, 9.17) is 5.73 Å². The molecule has 0 aliphatic carbocycles. The van der Waals surface area contributed by atoms with Gasteiger partial charge in [0.1, 0.15) is 0 Å². The number of nitrogens with two attached hydrogens (primary N) is 1. The monoisotopic (exact) mass is 112 g/mol. The van der Waals surface area contributed by atoms with Crippen LogP contribution in [0, 0.1) is 0 Å². The Bertz CT molecular complexity index is 133. The number of carbonyl (C=O) groups excluding carboxylic acids is 1. The highest BCUT2D eigenvalue weighted by atomic mass is 16.1. The second-order valence-electron chi connectivity index (χ2n) is 1.18. The largest absolute Gasteiger partial charge is 0.398 e. The van der Waals surface area contributed by atoms with Crippen LogP contribution in [0.1, 0.15) is 6.92 Å². The van der Waals surface area contributed by atoms with Gasteiger partial charge in [0.05, 0.1) is 0 Å². The lowest BCUT2D eigenvalue weighted by molar-refractivity contribution is -0.118. The van der Waals surface area contributed by atoms with Crippen molar-refractivity contribution in [2.24, 2.45) is 5.73 Å². The Morgan fingerprint density at radius 2 is 2.50 bits per heavy atom. The average Bonchev–Trinajstić information content (AvgIpc) is 1.66. The maximum atomic E-state index is 10.1. The van der Waals surface area contributed by atoms with E-state index in [1.165, 1.54) is 19.3 Å². The maximum Gasteiger partial charge on any atom is 0.221 e. The SMILES string of the molecule is CC(=O)NC=C=CN. The Morgan fingerprint density at radius 1 is 1.88 bits per heavy atom. The van der Waals surface area contributed by atoms with Crippen LogP contribution in [0.15, 0.2) is 18.1 Å². The quantitative estimate of drug-likeness (QED) is 0.458. The van der Waals surface area contributed by atoms with Gasteiger partial charge in [0.15, 0.2) is 0 Å². The van der Waals surface area contributed by atoms with Crippen LogP contribution in [0.3, 0.4) is 0 Å². The Morgan fingerprint density at radius 3 is 2.88 bits per heavy atom. The molecule has 0 aromatic rings. The van der Waals surface area contributed by atoms with Crippen LogP contribution in [0.5, 0.6) is 0 Å². The fourth-order valence-corrected chi connectivity index (χ4v) is 0.191. The predicted octanol–water partition coefficient (Wildman–Crippen LogP) is -0.292. The molecule has 8 heavy (non-hydrogen) atoms. The summed E-state index contributed by atoms with van der Waals surface area (Å²) in [6, 6.07) is 0. The number of hydrogen-bond donors (Lipinski definition) is 2. The minimum absolute atomic E-state index is 0.126. The zero-order valence-corrected chi connectivity index (χ0v) is 4.64. The van der Waals surface area contributed by atoms with Crippen molar-refractivity contribution in [1.29, 1.82) is 0 Å². The lowest BCUT2D eigenvalue weighted by atomic mass is 10.7. The van der Waals surface area contributed by atoms with Gasteiger partial charge in [-0.1, -0.05) is 5.73 Å². The molecule has 0 heterocycles. The summed E-state index contributed by atoms with van der Waals surface area (Å²) in [5.74, 6) is -0.126. The summed E-state index contributed by atoms with van der Waals surface area (Å²) in [5, 5.41) is 2.36. The van der Waals surface area contributed by atoms with E-state index in [0.717, 1.165) is 0 Å². The number of hydrogen-bond acceptors (Lipinski definition) is 2. The van der Waals surface area contributed by atoms with Crippen LogP contribution in [0.25, 0.3) is 0 Å². The van der Waals surface area contributed by atoms with Crippen molar-refractivity contribution in [3.63, 3.8) is 0 Å². The van der Waals surface area contributed by atoms with Crippen LogP contribution in [0.4, 0.5) is 0 Å². The summed E-state index contributed by atoms with van der Waals surface area (Å²) < 4.78 is 0. The van der Waals surface area contributed by atoms with E-state index >= 15 is 0 Å². The van der Waals surface area contributed by atoms with E-state index in [-0.39, 0.29) is 5.91 Å². The molecule has 0 radical (unpaired) electrons. The maximum absolute atomic E-state index is 10.1. The Labute approximate surface area is 47.9 Å². The minimum Gasteiger partial charge on any atom is -0.398 e. The van der Waals surface area contributed by atoms with Gasteiger partial charge >= 0.3 is 0 Å². The van der Waals surface area contributed by atoms with Gasteiger partial charge in [-0.15, -0.1) is 0 Å². The average molecular weight is 112 g/mol. The van der Waals surface area contributed by atoms with Gasteiger partial charge in [0.25, 0.3) is 0 Å². The molecule has 0 unspecified atom stereocenters. The van der Waals surface area contributed by atoms with Crippen LogP contribution >= 0.6 is 0 Å². The highest BCUT2D eigenvalue weighted by Crippen LogP contribution is 1.58. The first-order valence-electron chi connectivity index (χ1n) is 2.15. The summed E-state index contributed by atoms with van der Waals surface area (Å²) in [6.07, 6.45) is 2.57. The van der Waals surface area contributed by atoms with Gasteiger partial charge in [-0.25, -0.2) is 0 Å².